The summed E-state index contributed by atoms with van der Waals surface area (Å²) in [5, 5.41) is 1.23. The van der Waals surface area contributed by atoms with Crippen LogP contribution in [0.25, 0.3) is 0 Å². The van der Waals surface area contributed by atoms with Gasteiger partial charge in [0.1, 0.15) is 5.25 Å². The van der Waals surface area contributed by atoms with Gasteiger partial charge in [-0.05, 0) is 0 Å². The van der Waals surface area contributed by atoms with Crippen molar-refractivity contribution in [3.63, 3.8) is 0 Å². The minimum atomic E-state index is -3.82. The van der Waals surface area contributed by atoms with Crippen LogP contribution in [0.2, 0.25) is 0 Å². The van der Waals surface area contributed by atoms with E-state index in [-0.39, 0.29) is 5.75 Å². The van der Waals surface area contributed by atoms with E-state index < -0.39 is 42.9 Å². The Hall–Kier alpha value is -0.830. The van der Waals surface area contributed by atoms with Gasteiger partial charge in [0.05, 0.1) is 17.5 Å². The van der Waals surface area contributed by atoms with Gasteiger partial charge in [-0.15, -0.1) is 0 Å². The molecule has 0 aromatic heterocycles. The molecule has 2 rings (SSSR count). The number of fused-ring (bicyclic) bond motifs is 1. The van der Waals surface area contributed by atoms with Crippen molar-refractivity contribution in [1.82, 2.24) is 10.0 Å². The van der Waals surface area contributed by atoms with Gasteiger partial charge in [-0.1, -0.05) is 0 Å². The minimum absolute atomic E-state index is 0.301. The van der Waals surface area contributed by atoms with Crippen LogP contribution in [0.3, 0.4) is 0 Å². The molecule has 0 aliphatic carbocycles. The standard InChI is InChI=1S/C5H8N2O5S2/c8-5-6-3-1-13(9,10)2-4(3)14(11,12)7-5/h3-4H,1-2H2,(H2,6,7,8)/t3-,4+/m1/s1. The van der Waals surface area contributed by atoms with E-state index >= 15 is 0 Å². The highest BCUT2D eigenvalue weighted by molar-refractivity contribution is 7.95. The van der Waals surface area contributed by atoms with Crippen LogP contribution in [0.15, 0.2) is 0 Å². The Balaban J connectivity index is 2.43. The highest BCUT2D eigenvalue weighted by atomic mass is 32.2. The van der Waals surface area contributed by atoms with Gasteiger partial charge in [-0.2, -0.15) is 0 Å². The number of carbonyl (C=O) groups is 1. The third-order valence-corrected chi connectivity index (χ3v) is 5.96. The van der Waals surface area contributed by atoms with E-state index in [1.165, 1.54) is 0 Å². The van der Waals surface area contributed by atoms with E-state index in [0.29, 0.717) is 0 Å². The molecule has 2 aliphatic heterocycles. The number of urea groups is 1. The van der Waals surface area contributed by atoms with Crippen molar-refractivity contribution in [2.45, 2.75) is 11.3 Å². The fraction of sp³-hybridized carbons (Fsp3) is 0.800. The smallest absolute Gasteiger partial charge is 0.328 e. The van der Waals surface area contributed by atoms with Crippen molar-refractivity contribution in [3.05, 3.63) is 0 Å². The summed E-state index contributed by atoms with van der Waals surface area (Å²) < 4.78 is 46.7. The fourth-order valence-corrected chi connectivity index (χ4v) is 5.92. The lowest BCUT2D eigenvalue weighted by molar-refractivity contribution is 0.241. The monoisotopic (exact) mass is 240 g/mol. The maximum Gasteiger partial charge on any atom is 0.328 e. The van der Waals surface area contributed by atoms with Crippen LogP contribution in [0.1, 0.15) is 0 Å². The van der Waals surface area contributed by atoms with Crippen LogP contribution in [0.4, 0.5) is 4.79 Å². The summed E-state index contributed by atoms with van der Waals surface area (Å²) in [7, 11) is -7.18. The molecule has 2 saturated heterocycles. The van der Waals surface area contributed by atoms with Crippen molar-refractivity contribution in [3.8, 4) is 0 Å². The Morgan fingerprint density at radius 2 is 1.79 bits per heavy atom. The number of sulfone groups is 1. The van der Waals surface area contributed by atoms with Crippen LogP contribution in [-0.4, -0.2) is 45.7 Å². The third kappa shape index (κ3) is 1.46. The zero-order valence-electron chi connectivity index (χ0n) is 6.93. The lowest BCUT2D eigenvalue weighted by atomic mass is 10.2. The molecule has 0 aromatic rings. The van der Waals surface area contributed by atoms with Gasteiger partial charge in [0.15, 0.2) is 9.84 Å². The largest absolute Gasteiger partial charge is 0.332 e. The van der Waals surface area contributed by atoms with E-state index in [0.717, 1.165) is 0 Å². The first-order valence-electron chi connectivity index (χ1n) is 3.83. The second-order valence-corrected chi connectivity index (χ2v) is 7.40. The Kier molecular flexibility index (Phi) is 1.80. The van der Waals surface area contributed by atoms with E-state index in [4.69, 9.17) is 0 Å². The molecule has 80 valence electrons. The lowest BCUT2D eigenvalue weighted by Gasteiger charge is -2.25. The van der Waals surface area contributed by atoms with Gasteiger partial charge in [-0.3, -0.25) is 0 Å². The first-order valence-corrected chi connectivity index (χ1v) is 7.19. The lowest BCUT2D eigenvalue weighted by Crippen LogP contribution is -2.59. The summed E-state index contributed by atoms with van der Waals surface area (Å²) in [4.78, 5) is 10.8. The summed E-state index contributed by atoms with van der Waals surface area (Å²) >= 11 is 0. The Labute approximate surface area is 80.8 Å². The Morgan fingerprint density at radius 1 is 1.14 bits per heavy atom. The quantitative estimate of drug-likeness (QED) is 0.499. The average molecular weight is 240 g/mol. The summed E-state index contributed by atoms with van der Waals surface area (Å²) in [6.45, 7) is 0. The zero-order chi connectivity index (χ0) is 10.6. The number of hydrogen-bond acceptors (Lipinski definition) is 5. The van der Waals surface area contributed by atoms with Gasteiger partial charge in [-0.25, -0.2) is 26.4 Å². The van der Waals surface area contributed by atoms with Crippen molar-refractivity contribution in [2.75, 3.05) is 11.5 Å². The molecule has 2 aliphatic rings. The average Bonchev–Trinajstić information content (AvgIpc) is 2.22. The van der Waals surface area contributed by atoms with Crippen LogP contribution in [0.5, 0.6) is 0 Å². The second-order valence-electron chi connectivity index (χ2n) is 3.34. The van der Waals surface area contributed by atoms with E-state index in [1.54, 1.807) is 4.72 Å². The van der Waals surface area contributed by atoms with Gasteiger partial charge < -0.3 is 5.32 Å². The molecule has 0 unspecified atom stereocenters. The highest BCUT2D eigenvalue weighted by Gasteiger charge is 2.49. The highest BCUT2D eigenvalue weighted by Crippen LogP contribution is 2.21. The second kappa shape index (κ2) is 2.60. The van der Waals surface area contributed by atoms with Gasteiger partial charge >= 0.3 is 6.03 Å². The molecule has 0 aromatic carbocycles. The first kappa shape index (κ1) is 9.71. The molecule has 9 heteroatoms. The molecular formula is C5H8N2O5S2. The van der Waals surface area contributed by atoms with Crippen LogP contribution in [-0.2, 0) is 19.9 Å². The number of hydrogen-bond donors (Lipinski definition) is 2. The maximum atomic E-state index is 11.3. The Morgan fingerprint density at radius 3 is 2.43 bits per heavy atom. The van der Waals surface area contributed by atoms with Crippen LogP contribution >= 0.6 is 0 Å². The number of rotatable bonds is 0. The Bertz CT molecular complexity index is 478. The molecule has 0 bridgehead atoms. The molecule has 0 spiro atoms. The number of carbonyl (C=O) groups excluding carboxylic acids is 1. The molecule has 2 atom stereocenters. The van der Waals surface area contributed by atoms with Crippen LogP contribution in [0, 0.1) is 0 Å². The van der Waals surface area contributed by atoms with Crippen molar-refractivity contribution in [1.29, 1.82) is 0 Å². The molecule has 2 N–H and O–H groups in total. The molecule has 2 fully saturated rings. The predicted octanol–water partition coefficient (Wildman–Crippen LogP) is -2.21. The molecular weight excluding hydrogens is 232 g/mol. The maximum absolute atomic E-state index is 11.3. The predicted molar refractivity (Wildman–Crippen MR) is 46.8 cm³/mol. The third-order valence-electron chi connectivity index (χ3n) is 2.25. The normalized spacial score (nSPS) is 38.1. The SMILES string of the molecule is O=C1N[C@@H]2CS(=O)(=O)C[C@@H]2S(=O)(=O)N1. The number of sulfonamides is 1. The minimum Gasteiger partial charge on any atom is -0.332 e. The van der Waals surface area contributed by atoms with Crippen molar-refractivity contribution < 1.29 is 21.6 Å². The van der Waals surface area contributed by atoms with Crippen molar-refractivity contribution in [2.24, 2.45) is 0 Å². The van der Waals surface area contributed by atoms with E-state index in [1.807, 2.05) is 0 Å². The number of nitrogens with one attached hydrogen (secondary N) is 2. The molecule has 14 heavy (non-hydrogen) atoms. The van der Waals surface area contributed by atoms with Gasteiger partial charge in [0, 0.05) is 0 Å². The van der Waals surface area contributed by atoms with Crippen LogP contribution < -0.4 is 10.0 Å². The molecule has 0 saturated carbocycles. The van der Waals surface area contributed by atoms with Crippen molar-refractivity contribution >= 4 is 25.9 Å². The molecule has 2 amide bonds. The summed E-state index contributed by atoms with van der Waals surface area (Å²) in [5.41, 5.74) is 0. The molecule has 0 radical (unpaired) electrons. The summed E-state index contributed by atoms with van der Waals surface area (Å²) in [5.74, 6) is -0.725. The summed E-state index contributed by atoms with van der Waals surface area (Å²) in [6.07, 6.45) is 0. The van der Waals surface area contributed by atoms with Gasteiger partial charge in [0.25, 0.3) is 0 Å². The molecule has 7 nitrogen and oxygen atoms in total. The zero-order valence-corrected chi connectivity index (χ0v) is 8.56. The topological polar surface area (TPSA) is 109 Å². The first-order chi connectivity index (χ1) is 6.30. The van der Waals surface area contributed by atoms with Gasteiger partial charge in [0.2, 0.25) is 10.0 Å². The van der Waals surface area contributed by atoms with E-state index in [9.17, 15) is 21.6 Å². The fourth-order valence-electron chi connectivity index (χ4n) is 1.66. The molecule has 2 heterocycles. The number of amides is 2. The summed E-state index contributed by atoms with van der Waals surface area (Å²) in [6, 6.07) is -1.66. The van der Waals surface area contributed by atoms with E-state index in [2.05, 4.69) is 5.32 Å².